The molecule has 0 aromatic rings. The minimum Gasteiger partial charge on any atom is -0.457 e. The average molecular weight is 923 g/mol. The number of esters is 1. The number of ether oxygens (including phenoxy) is 2. The van der Waals surface area contributed by atoms with Gasteiger partial charge in [0.25, 0.3) is 0 Å². The van der Waals surface area contributed by atoms with Gasteiger partial charge in [0, 0.05) is 13.0 Å². The molecule has 8 atom stereocenters. The first kappa shape index (κ1) is 60.4. The van der Waals surface area contributed by atoms with Crippen molar-refractivity contribution in [3.05, 3.63) is 0 Å². The molecular formula is C50H99O12P. The minimum absolute atomic E-state index is 0.0679. The van der Waals surface area contributed by atoms with Crippen LogP contribution in [-0.2, 0) is 27.9 Å². The number of aliphatic hydroxyl groups is 5. The molecule has 0 heterocycles. The Labute approximate surface area is 385 Å². The van der Waals surface area contributed by atoms with Crippen LogP contribution < -0.4 is 0 Å². The summed E-state index contributed by atoms with van der Waals surface area (Å²) in [5, 5.41) is 50.2. The zero-order valence-corrected chi connectivity index (χ0v) is 41.3. The normalized spacial score (nSPS) is 21.7. The van der Waals surface area contributed by atoms with Gasteiger partial charge >= 0.3 is 13.8 Å². The molecule has 0 aromatic heterocycles. The summed E-state index contributed by atoms with van der Waals surface area (Å²) < 4.78 is 34.3. The molecule has 13 heteroatoms. The van der Waals surface area contributed by atoms with E-state index in [9.17, 15) is 39.8 Å². The van der Waals surface area contributed by atoms with Gasteiger partial charge in [-0.15, -0.1) is 0 Å². The van der Waals surface area contributed by atoms with Gasteiger partial charge in [0.15, 0.2) is 0 Å². The zero-order valence-electron chi connectivity index (χ0n) is 40.4. The molecule has 0 amide bonds. The maximum Gasteiger partial charge on any atom is 0.472 e. The lowest BCUT2D eigenvalue weighted by molar-refractivity contribution is -0.220. The Morgan fingerprint density at radius 2 is 0.746 bits per heavy atom. The molecule has 1 fully saturated rings. The Balaban J connectivity index is 2.25. The standard InChI is InChI=1S/C50H99O12P/c1-3-5-7-9-11-13-15-17-18-19-20-21-22-23-24-25-26-27-28-29-31-33-35-37-39-44(51)61-43(41-59-40-38-36-34-32-30-16-14-12-10-8-6-4-2)42-60-63(57,58)62-50-48(55)46(53)45(52)47(54)49(50)56/h43,45-50,52-56H,3-42H2,1-2H3,(H,57,58)/t43-,45?,46-,47?,48?,49?,50?/m1/s1. The lowest BCUT2D eigenvalue weighted by Gasteiger charge is -2.41. The second kappa shape index (κ2) is 41.5. The van der Waals surface area contributed by atoms with E-state index in [1.807, 2.05) is 0 Å². The fourth-order valence-corrected chi connectivity index (χ4v) is 9.51. The predicted octanol–water partition coefficient (Wildman–Crippen LogP) is 11.7. The van der Waals surface area contributed by atoms with Gasteiger partial charge in [-0.3, -0.25) is 13.8 Å². The number of phosphoric ester groups is 1. The molecule has 376 valence electrons. The van der Waals surface area contributed by atoms with Gasteiger partial charge in [0.2, 0.25) is 0 Å². The average Bonchev–Trinajstić information content (AvgIpc) is 3.27. The molecule has 0 aliphatic heterocycles. The van der Waals surface area contributed by atoms with Crippen molar-refractivity contribution in [2.75, 3.05) is 19.8 Å². The highest BCUT2D eigenvalue weighted by Gasteiger charge is 2.51. The van der Waals surface area contributed by atoms with E-state index in [-0.39, 0.29) is 13.0 Å². The van der Waals surface area contributed by atoms with Gasteiger partial charge in [-0.05, 0) is 12.8 Å². The quantitative estimate of drug-likeness (QED) is 0.0193. The number of unbranched alkanes of at least 4 members (excludes halogenated alkanes) is 34. The number of carbonyl (C=O) groups excluding carboxylic acids is 1. The maximum absolute atomic E-state index is 12.8. The molecule has 6 N–H and O–H groups in total. The van der Waals surface area contributed by atoms with Crippen LogP contribution in [0.1, 0.15) is 251 Å². The fraction of sp³-hybridized carbons (Fsp3) is 0.980. The molecular weight excluding hydrogens is 824 g/mol. The van der Waals surface area contributed by atoms with Crippen LogP contribution in [-0.4, -0.2) is 98.9 Å². The molecule has 1 aliphatic carbocycles. The molecule has 6 unspecified atom stereocenters. The Bertz CT molecular complexity index is 1050. The van der Waals surface area contributed by atoms with E-state index in [0.29, 0.717) is 13.0 Å². The second-order valence-corrected chi connectivity index (χ2v) is 20.2. The maximum atomic E-state index is 12.8. The van der Waals surface area contributed by atoms with Crippen LogP contribution in [0.25, 0.3) is 0 Å². The van der Waals surface area contributed by atoms with E-state index in [0.717, 1.165) is 38.5 Å². The first-order chi connectivity index (χ1) is 30.5. The van der Waals surface area contributed by atoms with Gasteiger partial charge in [0.05, 0.1) is 13.2 Å². The smallest absolute Gasteiger partial charge is 0.457 e. The van der Waals surface area contributed by atoms with Gasteiger partial charge in [-0.1, -0.05) is 232 Å². The number of hydrogen-bond donors (Lipinski definition) is 6. The summed E-state index contributed by atoms with van der Waals surface area (Å²) >= 11 is 0. The van der Waals surface area contributed by atoms with Crippen molar-refractivity contribution >= 4 is 13.8 Å². The van der Waals surface area contributed by atoms with Gasteiger partial charge < -0.3 is 39.9 Å². The zero-order chi connectivity index (χ0) is 46.2. The molecule has 63 heavy (non-hydrogen) atoms. The SMILES string of the molecule is CCCCCCCCCCCCCCCCCCCCCCCCCCC(=O)O[C@H](COCCCCCCCCCCCCCC)COP(=O)(O)OC1C(O)C(O)C(O)[C@@H](O)C1O. The highest BCUT2D eigenvalue weighted by molar-refractivity contribution is 7.47. The molecule has 0 radical (unpaired) electrons. The Kier molecular flexibility index (Phi) is 39.8. The molecule has 1 rings (SSSR count). The third-order valence-electron chi connectivity index (χ3n) is 12.7. The second-order valence-electron chi connectivity index (χ2n) is 18.7. The first-order valence-corrected chi connectivity index (χ1v) is 27.9. The highest BCUT2D eigenvalue weighted by atomic mass is 31.2. The van der Waals surface area contributed by atoms with Crippen molar-refractivity contribution < 1.29 is 58.3 Å². The molecule has 0 saturated heterocycles. The number of carbonyl (C=O) groups is 1. The van der Waals surface area contributed by atoms with Crippen LogP contribution >= 0.6 is 7.82 Å². The Morgan fingerprint density at radius 3 is 1.10 bits per heavy atom. The lowest BCUT2D eigenvalue weighted by atomic mass is 9.85. The molecule has 0 aromatic carbocycles. The van der Waals surface area contributed by atoms with E-state index >= 15 is 0 Å². The lowest BCUT2D eigenvalue weighted by Crippen LogP contribution is -2.64. The summed E-state index contributed by atoms with van der Waals surface area (Å²) in [4.78, 5) is 23.2. The summed E-state index contributed by atoms with van der Waals surface area (Å²) in [6.07, 6.45) is 33.3. The van der Waals surface area contributed by atoms with Crippen LogP contribution in [0.3, 0.4) is 0 Å². The number of aliphatic hydroxyl groups excluding tert-OH is 5. The van der Waals surface area contributed by atoms with Crippen LogP contribution in [0.5, 0.6) is 0 Å². The summed E-state index contributed by atoms with van der Waals surface area (Å²) in [6, 6.07) is 0. The monoisotopic (exact) mass is 923 g/mol. The molecule has 12 nitrogen and oxygen atoms in total. The number of rotatable bonds is 46. The molecule has 1 saturated carbocycles. The van der Waals surface area contributed by atoms with Crippen molar-refractivity contribution in [3.63, 3.8) is 0 Å². The van der Waals surface area contributed by atoms with E-state index in [1.165, 1.54) is 186 Å². The summed E-state index contributed by atoms with van der Waals surface area (Å²) in [6.45, 7) is 4.31. The minimum atomic E-state index is -5.01. The first-order valence-electron chi connectivity index (χ1n) is 26.4. The van der Waals surface area contributed by atoms with Crippen molar-refractivity contribution in [2.45, 2.75) is 294 Å². The van der Waals surface area contributed by atoms with Crippen molar-refractivity contribution in [1.29, 1.82) is 0 Å². The Hall–Kier alpha value is -0.660. The third kappa shape index (κ3) is 33.5. The largest absolute Gasteiger partial charge is 0.472 e. The van der Waals surface area contributed by atoms with Crippen molar-refractivity contribution in [2.24, 2.45) is 0 Å². The van der Waals surface area contributed by atoms with E-state index in [4.69, 9.17) is 18.5 Å². The topological polar surface area (TPSA) is 192 Å². The molecule has 0 bridgehead atoms. The van der Waals surface area contributed by atoms with Crippen molar-refractivity contribution in [1.82, 2.24) is 0 Å². The van der Waals surface area contributed by atoms with Gasteiger partial charge in [0.1, 0.15) is 42.7 Å². The summed E-state index contributed by atoms with van der Waals surface area (Å²) in [7, 11) is -5.01. The predicted molar refractivity (Wildman–Crippen MR) is 254 cm³/mol. The Morgan fingerprint density at radius 1 is 0.444 bits per heavy atom. The van der Waals surface area contributed by atoms with E-state index in [1.54, 1.807) is 0 Å². The van der Waals surface area contributed by atoms with Crippen molar-refractivity contribution in [3.8, 4) is 0 Å². The van der Waals surface area contributed by atoms with Crippen LogP contribution in [0, 0.1) is 0 Å². The number of hydrogen-bond acceptors (Lipinski definition) is 11. The fourth-order valence-electron chi connectivity index (χ4n) is 8.54. The number of phosphoric acid groups is 1. The summed E-state index contributed by atoms with van der Waals surface area (Å²) in [5.74, 6) is -0.469. The third-order valence-corrected chi connectivity index (χ3v) is 13.7. The van der Waals surface area contributed by atoms with Crippen LogP contribution in [0.15, 0.2) is 0 Å². The highest BCUT2D eigenvalue weighted by Crippen LogP contribution is 2.47. The van der Waals surface area contributed by atoms with Crippen LogP contribution in [0.2, 0.25) is 0 Å². The van der Waals surface area contributed by atoms with Gasteiger partial charge in [-0.2, -0.15) is 0 Å². The van der Waals surface area contributed by atoms with Crippen LogP contribution in [0.4, 0.5) is 0 Å². The molecule has 1 aliphatic rings. The summed E-state index contributed by atoms with van der Waals surface area (Å²) in [5.41, 5.74) is 0. The van der Waals surface area contributed by atoms with Gasteiger partial charge in [-0.25, -0.2) is 4.57 Å². The van der Waals surface area contributed by atoms with E-state index < -0.39 is 63.1 Å². The molecule has 0 spiro atoms. The van der Waals surface area contributed by atoms with E-state index in [2.05, 4.69) is 13.8 Å².